The molecule has 0 saturated carbocycles. The molecule has 2 atom stereocenters. The molecule has 6 heteroatoms. The smallest absolute Gasteiger partial charge is 0.224 e. The first-order valence-corrected chi connectivity index (χ1v) is 10.7. The lowest BCUT2D eigenvalue weighted by Gasteiger charge is -2.46. The van der Waals surface area contributed by atoms with E-state index in [4.69, 9.17) is 4.74 Å². The zero-order chi connectivity index (χ0) is 21.1. The molecule has 2 aliphatic heterocycles. The Morgan fingerprint density at radius 3 is 2.60 bits per heavy atom. The number of carbonyl (C=O) groups is 1. The van der Waals surface area contributed by atoms with Crippen molar-refractivity contribution in [3.63, 3.8) is 0 Å². The van der Waals surface area contributed by atoms with Crippen LogP contribution in [0.3, 0.4) is 0 Å². The topological polar surface area (TPSA) is 82.0 Å². The van der Waals surface area contributed by atoms with E-state index < -0.39 is 12.2 Å². The first kappa shape index (κ1) is 20.8. The number of likely N-dealkylation sites (tertiary alicyclic amines) is 1. The van der Waals surface area contributed by atoms with Gasteiger partial charge in [0.2, 0.25) is 5.91 Å². The molecule has 0 bridgehead atoms. The van der Waals surface area contributed by atoms with Crippen molar-refractivity contribution < 1.29 is 19.7 Å². The van der Waals surface area contributed by atoms with Crippen LogP contribution in [-0.2, 0) is 4.79 Å². The molecule has 1 amide bonds. The van der Waals surface area contributed by atoms with E-state index in [9.17, 15) is 15.0 Å². The molecule has 160 valence electrons. The monoisotopic (exact) mass is 410 g/mol. The van der Waals surface area contributed by atoms with Gasteiger partial charge in [0.15, 0.2) is 0 Å². The number of rotatable bonds is 5. The minimum atomic E-state index is -0.589. The molecule has 0 aliphatic carbocycles. The predicted molar refractivity (Wildman–Crippen MR) is 115 cm³/mol. The van der Waals surface area contributed by atoms with Crippen LogP contribution in [0.4, 0.5) is 5.69 Å². The summed E-state index contributed by atoms with van der Waals surface area (Å²) < 4.78 is 6.34. The summed E-state index contributed by atoms with van der Waals surface area (Å²) in [6.07, 6.45) is 1.63. The van der Waals surface area contributed by atoms with Crippen molar-refractivity contribution in [1.29, 1.82) is 0 Å². The van der Waals surface area contributed by atoms with Crippen LogP contribution in [0.1, 0.15) is 55.9 Å². The number of β-amino-alcohol motifs (C(OH)–C–C–N with tert-alkyl or cyclic N) is 1. The Morgan fingerprint density at radius 1 is 1.20 bits per heavy atom. The van der Waals surface area contributed by atoms with Crippen molar-refractivity contribution in [2.45, 2.75) is 50.4 Å². The van der Waals surface area contributed by atoms with E-state index in [1.807, 2.05) is 55.5 Å². The third kappa shape index (κ3) is 4.51. The SMILES string of the molecule is CCC(=O)Nc1ccc([C@H](O)CN2CCC3(CC2)C[C@H](O)c2ccccc2O3)cc1. The second-order valence-electron chi connectivity index (χ2n) is 8.38. The van der Waals surface area contributed by atoms with Crippen molar-refractivity contribution in [2.24, 2.45) is 0 Å². The number of hydrogen-bond acceptors (Lipinski definition) is 5. The average Bonchev–Trinajstić information content (AvgIpc) is 2.76. The first-order chi connectivity index (χ1) is 14.5. The molecular weight excluding hydrogens is 380 g/mol. The van der Waals surface area contributed by atoms with Crippen molar-refractivity contribution >= 4 is 11.6 Å². The highest BCUT2D eigenvalue weighted by Gasteiger charge is 2.42. The summed E-state index contributed by atoms with van der Waals surface area (Å²) in [6.45, 7) is 4.00. The second kappa shape index (κ2) is 8.76. The number of nitrogens with zero attached hydrogens (tertiary/aromatic N) is 1. The summed E-state index contributed by atoms with van der Waals surface area (Å²) in [5.41, 5.74) is 2.13. The fraction of sp³-hybridized carbons (Fsp3) is 0.458. The zero-order valence-corrected chi connectivity index (χ0v) is 17.4. The van der Waals surface area contributed by atoms with Crippen LogP contribution in [0.5, 0.6) is 5.75 Å². The normalized spacial score (nSPS) is 21.5. The Labute approximate surface area is 177 Å². The molecule has 1 fully saturated rings. The highest BCUT2D eigenvalue weighted by molar-refractivity contribution is 5.90. The molecule has 0 unspecified atom stereocenters. The van der Waals surface area contributed by atoms with Gasteiger partial charge < -0.3 is 25.2 Å². The Morgan fingerprint density at radius 2 is 1.90 bits per heavy atom. The number of aliphatic hydroxyl groups is 2. The summed E-state index contributed by atoms with van der Waals surface area (Å²) in [5.74, 6) is 0.767. The minimum absolute atomic E-state index is 0.0248. The largest absolute Gasteiger partial charge is 0.487 e. The third-order valence-corrected chi connectivity index (χ3v) is 6.27. The maximum atomic E-state index is 11.5. The van der Waals surface area contributed by atoms with E-state index in [1.54, 1.807) is 0 Å². The van der Waals surface area contributed by atoms with E-state index >= 15 is 0 Å². The average molecular weight is 411 g/mol. The number of anilines is 1. The molecule has 2 aromatic rings. The van der Waals surface area contributed by atoms with Gasteiger partial charge in [-0.2, -0.15) is 0 Å². The Hall–Kier alpha value is -2.41. The highest BCUT2D eigenvalue weighted by atomic mass is 16.5. The number of hydrogen-bond donors (Lipinski definition) is 3. The molecule has 1 spiro atoms. The number of para-hydroxylation sites is 1. The van der Waals surface area contributed by atoms with Crippen LogP contribution in [0.2, 0.25) is 0 Å². The standard InChI is InChI=1S/C24H30N2O4/c1-2-23(29)25-18-9-7-17(8-10-18)21(28)16-26-13-11-24(12-14-26)15-20(27)19-5-3-4-6-22(19)30-24/h3-10,20-21,27-28H,2,11-16H2,1H3,(H,25,29)/t20-,21+/m0/s1. The molecule has 2 aromatic carbocycles. The van der Waals surface area contributed by atoms with Gasteiger partial charge in [0.25, 0.3) is 0 Å². The maximum Gasteiger partial charge on any atom is 0.224 e. The van der Waals surface area contributed by atoms with Crippen molar-refractivity contribution in [1.82, 2.24) is 4.90 Å². The van der Waals surface area contributed by atoms with Crippen LogP contribution in [-0.4, -0.2) is 46.3 Å². The van der Waals surface area contributed by atoms with E-state index in [0.717, 1.165) is 48.5 Å². The van der Waals surface area contributed by atoms with E-state index in [1.165, 1.54) is 0 Å². The fourth-order valence-corrected chi connectivity index (χ4v) is 4.42. The second-order valence-corrected chi connectivity index (χ2v) is 8.38. The molecular formula is C24H30N2O4. The van der Waals surface area contributed by atoms with Gasteiger partial charge in [-0.3, -0.25) is 4.79 Å². The molecule has 2 heterocycles. The Balaban J connectivity index is 1.32. The molecule has 0 radical (unpaired) electrons. The van der Waals surface area contributed by atoms with Crippen LogP contribution in [0, 0.1) is 0 Å². The predicted octanol–water partition coefficient (Wildman–Crippen LogP) is 3.42. The summed E-state index contributed by atoms with van der Waals surface area (Å²) in [5, 5.41) is 24.1. The van der Waals surface area contributed by atoms with Gasteiger partial charge in [-0.15, -0.1) is 0 Å². The molecule has 1 saturated heterocycles. The van der Waals surface area contributed by atoms with E-state index in [0.29, 0.717) is 19.4 Å². The van der Waals surface area contributed by atoms with Gasteiger partial charge in [-0.1, -0.05) is 37.3 Å². The summed E-state index contributed by atoms with van der Waals surface area (Å²) >= 11 is 0. The third-order valence-electron chi connectivity index (χ3n) is 6.27. The van der Waals surface area contributed by atoms with Gasteiger partial charge >= 0.3 is 0 Å². The van der Waals surface area contributed by atoms with Crippen molar-refractivity contribution in [3.05, 3.63) is 59.7 Å². The van der Waals surface area contributed by atoms with Crippen LogP contribution >= 0.6 is 0 Å². The van der Waals surface area contributed by atoms with Gasteiger partial charge in [0.05, 0.1) is 12.2 Å². The number of carbonyl (C=O) groups excluding carboxylic acids is 1. The quantitative estimate of drug-likeness (QED) is 0.704. The van der Waals surface area contributed by atoms with Gasteiger partial charge in [-0.25, -0.2) is 0 Å². The highest BCUT2D eigenvalue weighted by Crippen LogP contribution is 2.44. The van der Waals surface area contributed by atoms with Crippen molar-refractivity contribution in [2.75, 3.05) is 25.0 Å². The first-order valence-electron chi connectivity index (χ1n) is 10.7. The maximum absolute atomic E-state index is 11.5. The number of nitrogens with one attached hydrogen (secondary N) is 1. The summed E-state index contributed by atoms with van der Waals surface area (Å²) in [7, 11) is 0. The van der Waals surface area contributed by atoms with Gasteiger partial charge in [-0.05, 0) is 36.6 Å². The molecule has 30 heavy (non-hydrogen) atoms. The van der Waals surface area contributed by atoms with Gasteiger partial charge in [0, 0.05) is 43.7 Å². The zero-order valence-electron chi connectivity index (χ0n) is 17.4. The van der Waals surface area contributed by atoms with Gasteiger partial charge in [0.1, 0.15) is 11.4 Å². The molecule has 4 rings (SSSR count). The summed E-state index contributed by atoms with van der Waals surface area (Å²) in [6, 6.07) is 15.1. The lowest BCUT2D eigenvalue weighted by molar-refractivity contribution is -0.115. The molecule has 2 aliphatic rings. The Kier molecular flexibility index (Phi) is 6.09. The fourth-order valence-electron chi connectivity index (χ4n) is 4.42. The number of aliphatic hydroxyl groups excluding tert-OH is 2. The number of amides is 1. The number of benzene rings is 2. The molecule has 0 aromatic heterocycles. The van der Waals surface area contributed by atoms with Crippen LogP contribution < -0.4 is 10.1 Å². The molecule has 3 N–H and O–H groups in total. The van der Waals surface area contributed by atoms with E-state index in [-0.39, 0.29) is 11.5 Å². The van der Waals surface area contributed by atoms with Crippen molar-refractivity contribution in [3.8, 4) is 5.75 Å². The van der Waals surface area contributed by atoms with E-state index in [2.05, 4.69) is 10.2 Å². The number of piperidine rings is 1. The molecule has 6 nitrogen and oxygen atoms in total. The van der Waals surface area contributed by atoms with Crippen LogP contribution in [0.25, 0.3) is 0 Å². The Bertz CT molecular complexity index is 875. The lowest BCUT2D eigenvalue weighted by atomic mass is 9.81. The van der Waals surface area contributed by atoms with Crippen LogP contribution in [0.15, 0.2) is 48.5 Å². The number of fused-ring (bicyclic) bond motifs is 1. The number of ether oxygens (including phenoxy) is 1. The summed E-state index contributed by atoms with van der Waals surface area (Å²) in [4.78, 5) is 13.7. The minimum Gasteiger partial charge on any atom is -0.487 e. The lowest BCUT2D eigenvalue weighted by Crippen LogP contribution is -2.51.